The smallest absolute Gasteiger partial charge is 0.340 e. The number of halogens is 1. The van der Waals surface area contributed by atoms with Crippen molar-refractivity contribution in [2.75, 3.05) is 5.32 Å². The van der Waals surface area contributed by atoms with E-state index in [0.717, 1.165) is 3.57 Å². The molecule has 0 saturated heterocycles. The van der Waals surface area contributed by atoms with Gasteiger partial charge >= 0.3 is 5.97 Å². The third kappa shape index (κ3) is 5.06. The molecule has 2 rings (SSSR count). The summed E-state index contributed by atoms with van der Waals surface area (Å²) in [6.45, 7) is 5.42. The van der Waals surface area contributed by atoms with Crippen molar-refractivity contribution < 1.29 is 14.3 Å². The number of rotatable bonds is 3. The highest BCUT2D eigenvalue weighted by molar-refractivity contribution is 14.1. The topological polar surface area (TPSA) is 55.4 Å². The molecule has 0 aliphatic carbocycles. The molecule has 4 nitrogen and oxygen atoms in total. The Morgan fingerprint density at radius 1 is 1.04 bits per heavy atom. The van der Waals surface area contributed by atoms with Crippen LogP contribution in [0.4, 0.5) is 5.69 Å². The van der Waals surface area contributed by atoms with E-state index >= 15 is 0 Å². The summed E-state index contributed by atoms with van der Waals surface area (Å²) in [6, 6.07) is 14.1. The number of carbonyl (C=O) groups excluding carboxylic acids is 2. The van der Waals surface area contributed by atoms with Crippen LogP contribution in [0.25, 0.3) is 0 Å². The van der Waals surface area contributed by atoms with E-state index in [1.54, 1.807) is 63.2 Å². The maximum atomic E-state index is 12.3. The van der Waals surface area contributed by atoms with Gasteiger partial charge in [-0.1, -0.05) is 18.2 Å². The van der Waals surface area contributed by atoms with Crippen molar-refractivity contribution >= 4 is 40.2 Å². The van der Waals surface area contributed by atoms with E-state index in [1.807, 2.05) is 6.07 Å². The lowest BCUT2D eigenvalue weighted by Crippen LogP contribution is -2.25. The number of hydrogen-bond donors (Lipinski definition) is 1. The molecule has 1 N–H and O–H groups in total. The number of carbonyl (C=O) groups is 2. The monoisotopic (exact) mass is 423 g/mol. The lowest BCUT2D eigenvalue weighted by molar-refractivity contribution is 0.00708. The molecule has 0 aliphatic rings. The number of esters is 1. The highest BCUT2D eigenvalue weighted by atomic mass is 127. The Hall–Kier alpha value is -1.89. The van der Waals surface area contributed by atoms with Gasteiger partial charge in [0.1, 0.15) is 5.60 Å². The molecule has 0 bridgehead atoms. The van der Waals surface area contributed by atoms with Gasteiger partial charge in [0, 0.05) is 9.13 Å². The molecular formula is C18H18INO3. The van der Waals surface area contributed by atoms with Crippen LogP contribution in [0.1, 0.15) is 41.5 Å². The summed E-state index contributed by atoms with van der Waals surface area (Å²) in [7, 11) is 0. The average Bonchev–Trinajstić information content (AvgIpc) is 2.46. The third-order valence-corrected chi connectivity index (χ3v) is 3.56. The van der Waals surface area contributed by atoms with Gasteiger partial charge in [0.2, 0.25) is 0 Å². The van der Waals surface area contributed by atoms with Crippen molar-refractivity contribution in [1.82, 2.24) is 0 Å². The fourth-order valence-corrected chi connectivity index (χ4v) is 2.41. The van der Waals surface area contributed by atoms with Gasteiger partial charge in [-0.2, -0.15) is 0 Å². The molecule has 0 atom stereocenters. The average molecular weight is 423 g/mol. The Morgan fingerprint density at radius 2 is 1.70 bits per heavy atom. The number of nitrogens with one attached hydrogen (secondary N) is 1. The zero-order valence-electron chi connectivity index (χ0n) is 13.2. The Kier molecular flexibility index (Phi) is 5.41. The number of hydrogen-bond acceptors (Lipinski definition) is 3. The van der Waals surface area contributed by atoms with Crippen LogP contribution in [-0.2, 0) is 4.74 Å². The Balaban J connectivity index is 2.29. The summed E-state index contributed by atoms with van der Waals surface area (Å²) in [6.07, 6.45) is 0. The second kappa shape index (κ2) is 7.12. The van der Waals surface area contributed by atoms with Crippen LogP contribution in [0.5, 0.6) is 0 Å². The molecule has 5 heteroatoms. The molecule has 120 valence electrons. The van der Waals surface area contributed by atoms with Crippen molar-refractivity contribution in [3.05, 3.63) is 63.2 Å². The van der Waals surface area contributed by atoms with Crippen molar-refractivity contribution in [3.8, 4) is 0 Å². The Bertz CT molecular complexity index is 721. The lowest BCUT2D eigenvalue weighted by Gasteiger charge is -2.20. The summed E-state index contributed by atoms with van der Waals surface area (Å²) < 4.78 is 6.31. The van der Waals surface area contributed by atoms with E-state index in [4.69, 9.17) is 4.74 Å². The van der Waals surface area contributed by atoms with Crippen LogP contribution in [0.15, 0.2) is 48.5 Å². The molecule has 0 saturated carbocycles. The first-order valence-electron chi connectivity index (χ1n) is 7.15. The van der Waals surface area contributed by atoms with Gasteiger partial charge in [0.05, 0.1) is 11.3 Å². The summed E-state index contributed by atoms with van der Waals surface area (Å²) in [5, 5.41) is 2.79. The van der Waals surface area contributed by atoms with E-state index in [-0.39, 0.29) is 5.91 Å². The Morgan fingerprint density at radius 3 is 2.30 bits per heavy atom. The van der Waals surface area contributed by atoms with Crippen LogP contribution in [-0.4, -0.2) is 17.5 Å². The first-order valence-corrected chi connectivity index (χ1v) is 8.23. The molecule has 0 aromatic heterocycles. The fraction of sp³-hybridized carbons (Fsp3) is 0.222. The van der Waals surface area contributed by atoms with E-state index < -0.39 is 11.6 Å². The zero-order chi connectivity index (χ0) is 17.0. The third-order valence-electron chi connectivity index (χ3n) is 2.88. The minimum Gasteiger partial charge on any atom is -0.456 e. The molecule has 0 fully saturated rings. The maximum Gasteiger partial charge on any atom is 0.340 e. The second-order valence-corrected chi connectivity index (χ2v) is 7.26. The van der Waals surface area contributed by atoms with Gasteiger partial charge in [-0.25, -0.2) is 4.79 Å². The fourth-order valence-electron chi connectivity index (χ4n) is 1.91. The molecule has 0 unspecified atom stereocenters. The SMILES string of the molecule is CC(C)(C)OC(=O)c1ccc(I)cc1NC(=O)c1ccccc1. The maximum absolute atomic E-state index is 12.3. The van der Waals surface area contributed by atoms with E-state index in [1.165, 1.54) is 0 Å². The standard InChI is InChI=1S/C18H18INO3/c1-18(2,3)23-17(22)14-10-9-13(19)11-15(14)20-16(21)12-7-5-4-6-8-12/h4-11H,1-3H3,(H,20,21). The lowest BCUT2D eigenvalue weighted by atomic mass is 10.1. The summed E-state index contributed by atoms with van der Waals surface area (Å²) >= 11 is 2.13. The minimum absolute atomic E-state index is 0.266. The molecular weight excluding hydrogens is 405 g/mol. The predicted molar refractivity (Wildman–Crippen MR) is 98.7 cm³/mol. The molecule has 0 aliphatic heterocycles. The summed E-state index contributed by atoms with van der Waals surface area (Å²) in [4.78, 5) is 24.7. The van der Waals surface area contributed by atoms with Gasteiger partial charge in [0.15, 0.2) is 0 Å². The summed E-state index contributed by atoms with van der Waals surface area (Å²) in [5.41, 5.74) is 0.715. The number of ether oxygens (including phenoxy) is 1. The van der Waals surface area contributed by atoms with Crippen LogP contribution in [0.3, 0.4) is 0 Å². The van der Waals surface area contributed by atoms with Crippen molar-refractivity contribution in [2.24, 2.45) is 0 Å². The van der Waals surface area contributed by atoms with Gasteiger partial charge < -0.3 is 10.1 Å². The molecule has 0 radical (unpaired) electrons. The first-order chi connectivity index (χ1) is 10.8. The van der Waals surface area contributed by atoms with Crippen molar-refractivity contribution in [2.45, 2.75) is 26.4 Å². The van der Waals surface area contributed by atoms with Crippen molar-refractivity contribution in [3.63, 3.8) is 0 Å². The Labute approximate surface area is 149 Å². The van der Waals surface area contributed by atoms with Crippen LogP contribution < -0.4 is 5.32 Å². The van der Waals surface area contributed by atoms with E-state index in [2.05, 4.69) is 27.9 Å². The molecule has 1 amide bonds. The van der Waals surface area contributed by atoms with Crippen LogP contribution in [0.2, 0.25) is 0 Å². The van der Waals surface area contributed by atoms with Crippen molar-refractivity contribution in [1.29, 1.82) is 0 Å². The van der Waals surface area contributed by atoms with Gasteiger partial charge in [-0.3, -0.25) is 4.79 Å². The quantitative estimate of drug-likeness (QED) is 0.585. The normalized spacial score (nSPS) is 11.0. The van der Waals surface area contributed by atoms with E-state index in [9.17, 15) is 9.59 Å². The highest BCUT2D eigenvalue weighted by Gasteiger charge is 2.21. The van der Waals surface area contributed by atoms with Crippen LogP contribution >= 0.6 is 22.6 Å². The van der Waals surface area contributed by atoms with E-state index in [0.29, 0.717) is 16.8 Å². The minimum atomic E-state index is -0.596. The molecule has 23 heavy (non-hydrogen) atoms. The number of amides is 1. The number of anilines is 1. The summed E-state index contributed by atoms with van der Waals surface area (Å²) in [5.74, 6) is -0.727. The zero-order valence-corrected chi connectivity index (χ0v) is 15.4. The first kappa shape index (κ1) is 17.5. The van der Waals surface area contributed by atoms with Crippen LogP contribution in [0, 0.1) is 3.57 Å². The van der Waals surface area contributed by atoms with Gasteiger partial charge in [0.25, 0.3) is 5.91 Å². The molecule has 2 aromatic rings. The van der Waals surface area contributed by atoms with Gasteiger partial charge in [-0.15, -0.1) is 0 Å². The molecule has 0 spiro atoms. The molecule has 2 aromatic carbocycles. The number of benzene rings is 2. The highest BCUT2D eigenvalue weighted by Crippen LogP contribution is 2.23. The molecule has 0 heterocycles. The predicted octanol–water partition coefficient (Wildman–Crippen LogP) is 4.50. The van der Waals surface area contributed by atoms with Gasteiger partial charge in [-0.05, 0) is 73.7 Å². The second-order valence-electron chi connectivity index (χ2n) is 6.01. The largest absolute Gasteiger partial charge is 0.456 e.